The van der Waals surface area contributed by atoms with Crippen LogP contribution in [-0.4, -0.2) is 0 Å². The summed E-state index contributed by atoms with van der Waals surface area (Å²) < 4.78 is 0. The molecule has 0 spiro atoms. The van der Waals surface area contributed by atoms with Crippen LogP contribution < -0.4 is 0 Å². The van der Waals surface area contributed by atoms with Crippen molar-refractivity contribution < 1.29 is 0 Å². The number of hydrogen-bond donors (Lipinski definition) is 0. The molecule has 0 amide bonds. The van der Waals surface area contributed by atoms with E-state index >= 15 is 0 Å². The molecule has 0 heterocycles. The summed E-state index contributed by atoms with van der Waals surface area (Å²) in [6, 6.07) is 21.8. The number of rotatable bonds is 8. The zero-order chi connectivity index (χ0) is 16.7. The predicted octanol–water partition coefficient (Wildman–Crippen LogP) is 6.96. The van der Waals surface area contributed by atoms with Crippen molar-refractivity contribution >= 4 is 0 Å². The Labute approximate surface area is 142 Å². The third-order valence-electron chi connectivity index (χ3n) is 5.11. The summed E-state index contributed by atoms with van der Waals surface area (Å²) in [4.78, 5) is 0. The van der Waals surface area contributed by atoms with Crippen LogP contribution in [-0.2, 0) is 0 Å². The zero-order valence-corrected chi connectivity index (χ0v) is 14.8. The van der Waals surface area contributed by atoms with Gasteiger partial charge in [0.1, 0.15) is 0 Å². The van der Waals surface area contributed by atoms with E-state index in [2.05, 4.69) is 94.1 Å². The molecule has 0 aromatic heterocycles. The van der Waals surface area contributed by atoms with Gasteiger partial charge in [-0.25, -0.2) is 0 Å². The van der Waals surface area contributed by atoms with Crippen LogP contribution in [0.3, 0.4) is 0 Å². The second-order valence-electron chi connectivity index (χ2n) is 7.09. The van der Waals surface area contributed by atoms with Crippen LogP contribution in [0.1, 0.15) is 63.0 Å². The van der Waals surface area contributed by atoms with Crippen molar-refractivity contribution in [3.8, 4) is 0 Å². The normalized spacial score (nSPS) is 16.3. The second kappa shape index (κ2) is 8.15. The van der Waals surface area contributed by atoms with Gasteiger partial charge < -0.3 is 0 Å². The maximum atomic E-state index is 4.16. The molecule has 3 unspecified atom stereocenters. The lowest BCUT2D eigenvalue weighted by Crippen LogP contribution is -2.20. The Hall–Kier alpha value is -1.82. The molecule has 0 aliphatic rings. The van der Waals surface area contributed by atoms with Crippen molar-refractivity contribution in [1.82, 2.24) is 0 Å². The minimum Gasteiger partial charge on any atom is -0.103 e. The van der Waals surface area contributed by atoms with E-state index in [4.69, 9.17) is 0 Å². The Kier molecular flexibility index (Phi) is 6.21. The third-order valence-corrected chi connectivity index (χ3v) is 5.11. The molecule has 0 saturated carbocycles. The molecule has 0 aliphatic heterocycles. The van der Waals surface area contributed by atoms with E-state index in [0.29, 0.717) is 11.8 Å². The summed E-state index contributed by atoms with van der Waals surface area (Å²) in [5.41, 5.74) is 3.04. The van der Waals surface area contributed by atoms with Crippen molar-refractivity contribution in [2.75, 3.05) is 0 Å². The van der Waals surface area contributed by atoms with Gasteiger partial charge in [-0.05, 0) is 47.6 Å². The molecule has 3 atom stereocenters. The first-order valence-corrected chi connectivity index (χ1v) is 8.81. The molecule has 23 heavy (non-hydrogen) atoms. The fraction of sp³-hybridized carbons (Fsp3) is 0.391. The molecule has 0 fully saturated rings. The van der Waals surface area contributed by atoms with Crippen LogP contribution in [0.5, 0.6) is 0 Å². The van der Waals surface area contributed by atoms with Crippen LogP contribution >= 0.6 is 0 Å². The Morgan fingerprint density at radius 1 is 0.913 bits per heavy atom. The highest BCUT2D eigenvalue weighted by molar-refractivity contribution is 5.22. The molecule has 0 heteroatoms. The van der Waals surface area contributed by atoms with Crippen LogP contribution in [0.25, 0.3) is 0 Å². The third kappa shape index (κ3) is 4.82. The van der Waals surface area contributed by atoms with Crippen molar-refractivity contribution in [1.29, 1.82) is 0 Å². The molecule has 2 aromatic rings. The Bertz CT molecular complexity index is 584. The van der Waals surface area contributed by atoms with E-state index in [9.17, 15) is 0 Å². The summed E-state index contributed by atoms with van der Waals surface area (Å²) in [6.45, 7) is 11.2. The quantitative estimate of drug-likeness (QED) is 0.462. The van der Waals surface area contributed by atoms with Crippen molar-refractivity contribution in [3.63, 3.8) is 0 Å². The molecule has 0 bridgehead atoms. The molecule has 0 N–H and O–H groups in total. The number of benzene rings is 2. The molecular formula is C23H30. The summed E-state index contributed by atoms with van der Waals surface area (Å²) in [6.07, 6.45) is 5.66. The van der Waals surface area contributed by atoms with E-state index in [1.54, 1.807) is 0 Å². The standard InChI is InChI=1S/C23H30/c1-5-20(22-15-11-8-12-16-22)18-23(4,6-2)17-19(3)21-13-9-7-10-14-21/h6-16,19-20H,2,5,17-18H2,1,3-4H3. The lowest BCUT2D eigenvalue weighted by atomic mass is 9.72. The van der Waals surface area contributed by atoms with E-state index in [1.807, 2.05) is 0 Å². The van der Waals surface area contributed by atoms with Gasteiger partial charge in [0.2, 0.25) is 0 Å². The average molecular weight is 306 g/mol. The first kappa shape index (κ1) is 17.5. The number of hydrogen-bond acceptors (Lipinski definition) is 0. The monoisotopic (exact) mass is 306 g/mol. The van der Waals surface area contributed by atoms with Crippen LogP contribution in [0, 0.1) is 5.41 Å². The fourth-order valence-electron chi connectivity index (χ4n) is 3.63. The SMILES string of the molecule is C=CC(C)(CC(C)c1ccccc1)CC(CC)c1ccccc1. The largest absolute Gasteiger partial charge is 0.103 e. The fourth-order valence-corrected chi connectivity index (χ4v) is 3.63. The molecule has 2 rings (SSSR count). The van der Waals surface area contributed by atoms with Gasteiger partial charge in [0.15, 0.2) is 0 Å². The van der Waals surface area contributed by atoms with Crippen molar-refractivity contribution in [2.45, 2.75) is 51.9 Å². The molecule has 0 aliphatic carbocycles. The summed E-state index contributed by atoms with van der Waals surface area (Å²) in [5.74, 6) is 1.15. The first-order chi connectivity index (χ1) is 11.1. The summed E-state index contributed by atoms with van der Waals surface area (Å²) in [5, 5.41) is 0. The maximum absolute atomic E-state index is 4.16. The molecule has 0 nitrogen and oxygen atoms in total. The van der Waals surface area contributed by atoms with Gasteiger partial charge in [-0.3, -0.25) is 0 Å². The van der Waals surface area contributed by atoms with E-state index in [1.165, 1.54) is 17.5 Å². The molecule has 2 aromatic carbocycles. The lowest BCUT2D eigenvalue weighted by Gasteiger charge is -2.33. The number of allylic oxidation sites excluding steroid dienone is 1. The topological polar surface area (TPSA) is 0 Å². The van der Waals surface area contributed by atoms with Gasteiger partial charge in [0.05, 0.1) is 0 Å². The minimum atomic E-state index is 0.159. The van der Waals surface area contributed by atoms with Gasteiger partial charge in [-0.2, -0.15) is 0 Å². The Morgan fingerprint density at radius 3 is 1.91 bits per heavy atom. The second-order valence-corrected chi connectivity index (χ2v) is 7.09. The minimum absolute atomic E-state index is 0.159. The Balaban J connectivity index is 2.11. The van der Waals surface area contributed by atoms with Gasteiger partial charge in [0.25, 0.3) is 0 Å². The molecular weight excluding hydrogens is 276 g/mol. The molecule has 0 radical (unpaired) electrons. The van der Waals surface area contributed by atoms with Gasteiger partial charge in [-0.15, -0.1) is 6.58 Å². The molecule has 0 saturated heterocycles. The Morgan fingerprint density at radius 2 is 1.43 bits per heavy atom. The van der Waals surface area contributed by atoms with Crippen LogP contribution in [0.15, 0.2) is 73.3 Å². The van der Waals surface area contributed by atoms with Crippen LogP contribution in [0.2, 0.25) is 0 Å². The highest BCUT2D eigenvalue weighted by atomic mass is 14.3. The lowest BCUT2D eigenvalue weighted by molar-refractivity contribution is 0.304. The first-order valence-electron chi connectivity index (χ1n) is 8.81. The smallest absolute Gasteiger partial charge is 0.0138 e. The highest BCUT2D eigenvalue weighted by Gasteiger charge is 2.27. The van der Waals surface area contributed by atoms with E-state index < -0.39 is 0 Å². The summed E-state index contributed by atoms with van der Waals surface area (Å²) >= 11 is 0. The van der Waals surface area contributed by atoms with Crippen LogP contribution in [0.4, 0.5) is 0 Å². The van der Waals surface area contributed by atoms with Gasteiger partial charge in [0, 0.05) is 0 Å². The van der Waals surface area contributed by atoms with Crippen molar-refractivity contribution in [3.05, 3.63) is 84.4 Å². The predicted molar refractivity (Wildman–Crippen MR) is 102 cm³/mol. The van der Waals surface area contributed by atoms with Gasteiger partial charge in [-0.1, -0.05) is 87.5 Å². The highest BCUT2D eigenvalue weighted by Crippen LogP contribution is 2.41. The zero-order valence-electron chi connectivity index (χ0n) is 14.8. The average Bonchev–Trinajstić information content (AvgIpc) is 2.61. The maximum Gasteiger partial charge on any atom is -0.0138 e. The van der Waals surface area contributed by atoms with E-state index in [0.717, 1.165) is 12.8 Å². The summed E-state index contributed by atoms with van der Waals surface area (Å²) in [7, 11) is 0. The van der Waals surface area contributed by atoms with Gasteiger partial charge >= 0.3 is 0 Å². The van der Waals surface area contributed by atoms with Crippen molar-refractivity contribution in [2.24, 2.45) is 5.41 Å². The molecule has 122 valence electrons. The van der Waals surface area contributed by atoms with E-state index in [-0.39, 0.29) is 5.41 Å².